The lowest BCUT2D eigenvalue weighted by molar-refractivity contribution is -0.153. The number of nitrogens with zero attached hydrogens (tertiary/aromatic N) is 3. The lowest BCUT2D eigenvalue weighted by Crippen LogP contribution is -2.46. The SMILES string of the molecule is CCCCCCCCCCNC(C)(CS(C)(=O)=O)c1noc(C)n1.O=C(O)c1cc(OCC(F)(F)F)c(C2CC2)cn1. The van der Waals surface area contributed by atoms with Gasteiger partial charge >= 0.3 is 12.1 Å². The number of aromatic nitrogens is 3. The Hall–Kier alpha value is -2.74. The molecule has 0 saturated heterocycles. The van der Waals surface area contributed by atoms with E-state index in [1.165, 1.54) is 51.0 Å². The summed E-state index contributed by atoms with van der Waals surface area (Å²) in [5.41, 5.74) is -0.590. The summed E-state index contributed by atoms with van der Waals surface area (Å²) in [4.78, 5) is 18.6. The first-order chi connectivity index (χ1) is 19.6. The van der Waals surface area contributed by atoms with E-state index in [2.05, 4.69) is 32.1 Å². The molecular formula is C28H43F3N4O6S. The second-order valence-electron chi connectivity index (χ2n) is 11.0. The molecule has 0 aliphatic heterocycles. The zero-order valence-corrected chi connectivity index (χ0v) is 25.6. The van der Waals surface area contributed by atoms with Crippen molar-refractivity contribution < 1.29 is 40.8 Å². The van der Waals surface area contributed by atoms with E-state index in [4.69, 9.17) is 9.63 Å². The molecule has 238 valence electrons. The van der Waals surface area contributed by atoms with Crippen molar-refractivity contribution in [3.05, 3.63) is 35.2 Å². The van der Waals surface area contributed by atoms with Crippen LogP contribution in [0.5, 0.6) is 5.75 Å². The summed E-state index contributed by atoms with van der Waals surface area (Å²) < 4.78 is 69.5. The van der Waals surface area contributed by atoms with Gasteiger partial charge in [-0.05, 0) is 38.6 Å². The molecule has 1 fully saturated rings. The van der Waals surface area contributed by atoms with Crippen LogP contribution in [0.25, 0.3) is 0 Å². The molecule has 1 aliphatic carbocycles. The van der Waals surface area contributed by atoms with Gasteiger partial charge in [-0.1, -0.05) is 57.0 Å². The van der Waals surface area contributed by atoms with Crippen LogP contribution < -0.4 is 10.1 Å². The minimum atomic E-state index is -4.45. The van der Waals surface area contributed by atoms with Crippen LogP contribution in [0, 0.1) is 6.92 Å². The van der Waals surface area contributed by atoms with Crippen LogP contribution in [-0.4, -0.2) is 66.0 Å². The number of halogens is 3. The lowest BCUT2D eigenvalue weighted by atomic mass is 10.0. The Bertz CT molecular complexity index is 1230. The largest absolute Gasteiger partial charge is 0.484 e. The van der Waals surface area contributed by atoms with Crippen molar-refractivity contribution in [2.75, 3.05) is 25.2 Å². The molecule has 0 aromatic carbocycles. The van der Waals surface area contributed by atoms with Crippen molar-refractivity contribution in [1.82, 2.24) is 20.4 Å². The van der Waals surface area contributed by atoms with E-state index in [9.17, 15) is 26.4 Å². The minimum Gasteiger partial charge on any atom is -0.484 e. The van der Waals surface area contributed by atoms with Crippen LogP contribution in [0.2, 0.25) is 0 Å². The summed E-state index contributed by atoms with van der Waals surface area (Å²) in [6, 6.07) is 1.04. The molecule has 3 rings (SSSR count). The van der Waals surface area contributed by atoms with Crippen LogP contribution in [0.3, 0.4) is 0 Å². The normalized spacial score (nSPS) is 15.0. The van der Waals surface area contributed by atoms with Gasteiger partial charge in [-0.2, -0.15) is 18.2 Å². The van der Waals surface area contributed by atoms with Crippen molar-refractivity contribution in [2.45, 2.75) is 103 Å². The first-order valence-electron chi connectivity index (χ1n) is 14.3. The minimum absolute atomic E-state index is 0.0396. The summed E-state index contributed by atoms with van der Waals surface area (Å²) in [7, 11) is -3.17. The molecule has 0 bridgehead atoms. The van der Waals surface area contributed by atoms with Crippen LogP contribution in [0.1, 0.15) is 112 Å². The molecular weight excluding hydrogens is 577 g/mol. The van der Waals surface area contributed by atoms with Gasteiger partial charge in [-0.25, -0.2) is 18.2 Å². The number of unbranched alkanes of at least 4 members (excludes halogenated alkanes) is 7. The molecule has 42 heavy (non-hydrogen) atoms. The first-order valence-corrected chi connectivity index (χ1v) is 16.4. The van der Waals surface area contributed by atoms with Crippen molar-refractivity contribution in [1.29, 1.82) is 0 Å². The fourth-order valence-corrected chi connectivity index (χ4v) is 5.70. The van der Waals surface area contributed by atoms with Crippen LogP contribution in [0.4, 0.5) is 13.2 Å². The number of hydrogen-bond donors (Lipinski definition) is 2. The van der Waals surface area contributed by atoms with Gasteiger partial charge < -0.3 is 19.7 Å². The number of nitrogens with one attached hydrogen (secondary N) is 1. The van der Waals surface area contributed by atoms with E-state index in [-0.39, 0.29) is 23.1 Å². The third-order valence-electron chi connectivity index (χ3n) is 6.64. The highest BCUT2D eigenvalue weighted by atomic mass is 32.2. The number of alkyl halides is 3. The van der Waals surface area contributed by atoms with Gasteiger partial charge in [0.2, 0.25) is 5.89 Å². The number of ether oxygens (including phenoxy) is 1. The van der Waals surface area contributed by atoms with Gasteiger partial charge in [0.25, 0.3) is 0 Å². The molecule has 10 nitrogen and oxygen atoms in total. The fourth-order valence-electron chi connectivity index (χ4n) is 4.42. The first kappa shape index (κ1) is 35.5. The highest BCUT2D eigenvalue weighted by Crippen LogP contribution is 2.44. The maximum atomic E-state index is 12.1. The number of rotatable bonds is 17. The number of sulfone groups is 1. The van der Waals surface area contributed by atoms with Crippen LogP contribution in [0.15, 0.2) is 16.8 Å². The number of aromatic carboxylic acids is 1. The maximum absolute atomic E-state index is 12.1. The number of carboxylic acid groups (broad SMARTS) is 1. The number of carboxylic acids is 1. The van der Waals surface area contributed by atoms with E-state index < -0.39 is 34.1 Å². The van der Waals surface area contributed by atoms with Crippen molar-refractivity contribution >= 4 is 15.8 Å². The highest BCUT2D eigenvalue weighted by molar-refractivity contribution is 7.90. The molecule has 0 radical (unpaired) electrons. The molecule has 1 unspecified atom stereocenters. The summed E-state index contributed by atoms with van der Waals surface area (Å²) in [5, 5.41) is 16.0. The van der Waals surface area contributed by atoms with E-state index in [0.717, 1.165) is 38.3 Å². The number of carbonyl (C=O) groups is 1. The Morgan fingerprint density at radius 2 is 1.76 bits per heavy atom. The summed E-state index contributed by atoms with van der Waals surface area (Å²) in [6.45, 7) is 5.06. The Labute approximate surface area is 245 Å². The molecule has 1 saturated carbocycles. The van der Waals surface area contributed by atoms with Gasteiger partial charge in [0.15, 0.2) is 18.1 Å². The van der Waals surface area contributed by atoms with Gasteiger partial charge in [0.1, 0.15) is 15.6 Å². The van der Waals surface area contributed by atoms with Crippen LogP contribution >= 0.6 is 0 Å². The number of hydrogen-bond acceptors (Lipinski definition) is 9. The van der Waals surface area contributed by atoms with E-state index in [0.29, 0.717) is 17.3 Å². The summed E-state index contributed by atoms with van der Waals surface area (Å²) >= 11 is 0. The average molecular weight is 621 g/mol. The Morgan fingerprint density at radius 3 is 2.26 bits per heavy atom. The third kappa shape index (κ3) is 13.5. The molecule has 0 spiro atoms. The van der Waals surface area contributed by atoms with Crippen molar-refractivity contribution in [3.8, 4) is 5.75 Å². The second-order valence-corrected chi connectivity index (χ2v) is 13.2. The van der Waals surface area contributed by atoms with Gasteiger partial charge in [0.05, 0.1) is 11.3 Å². The fraction of sp³-hybridized carbons (Fsp3) is 0.714. The standard InChI is InChI=1S/C17H33N3O3S.C11H10F3NO3/c1-5-6-7-8-9-10-11-12-13-18-17(3,14-24(4,21)22)16-19-15(2)23-20-16;12-11(13,14)5-18-9-3-8(10(16)17)15-4-7(9)6-1-2-6/h18H,5-14H2,1-4H3;3-4,6H,1-2,5H2,(H,16,17). The van der Waals surface area contributed by atoms with Crippen molar-refractivity contribution in [2.24, 2.45) is 0 Å². The zero-order valence-electron chi connectivity index (χ0n) is 24.8. The maximum Gasteiger partial charge on any atom is 0.422 e. The highest BCUT2D eigenvalue weighted by Gasteiger charge is 2.35. The van der Waals surface area contributed by atoms with Gasteiger partial charge in [0, 0.05) is 31.0 Å². The molecule has 0 amide bonds. The van der Waals surface area contributed by atoms with E-state index in [1.807, 2.05) is 6.92 Å². The topological polar surface area (TPSA) is 145 Å². The number of pyridine rings is 1. The second kappa shape index (κ2) is 16.2. The van der Waals surface area contributed by atoms with E-state index >= 15 is 0 Å². The van der Waals surface area contributed by atoms with Gasteiger partial charge in [-0.15, -0.1) is 0 Å². The molecule has 2 heterocycles. The molecule has 14 heteroatoms. The van der Waals surface area contributed by atoms with Crippen LogP contribution in [-0.2, 0) is 15.4 Å². The monoisotopic (exact) mass is 620 g/mol. The summed E-state index contributed by atoms with van der Waals surface area (Å²) in [5.74, 6) is -0.403. The smallest absolute Gasteiger partial charge is 0.422 e. The predicted molar refractivity (Wildman–Crippen MR) is 151 cm³/mol. The molecule has 1 atom stereocenters. The molecule has 2 N–H and O–H groups in total. The van der Waals surface area contributed by atoms with E-state index in [1.54, 1.807) is 6.92 Å². The lowest BCUT2D eigenvalue weighted by Gasteiger charge is -2.26. The Balaban J connectivity index is 0.000000305. The quantitative estimate of drug-likeness (QED) is 0.203. The third-order valence-corrected chi connectivity index (χ3v) is 7.74. The molecule has 1 aliphatic rings. The Kier molecular flexibility index (Phi) is 13.7. The summed E-state index contributed by atoms with van der Waals surface area (Å²) in [6.07, 6.45) is 9.72. The predicted octanol–water partition coefficient (Wildman–Crippen LogP) is 5.97. The van der Waals surface area contributed by atoms with Crippen molar-refractivity contribution in [3.63, 3.8) is 0 Å². The Morgan fingerprint density at radius 1 is 1.14 bits per heavy atom. The average Bonchev–Trinajstić information content (AvgIpc) is 3.64. The number of aryl methyl sites for hydroxylation is 1. The molecule has 2 aromatic heterocycles. The molecule has 2 aromatic rings. The zero-order chi connectivity index (χ0) is 31.4. The van der Waals surface area contributed by atoms with Gasteiger partial charge in [-0.3, -0.25) is 0 Å².